The standard InChI is InChI=1S/C14H14Cl2N2O2/c1-2-20-13(19)11-12(15)17-14(16)18(11)9-8-10-6-4-3-5-7-10/h3-7H,2,8-9H2,1H3. The summed E-state index contributed by atoms with van der Waals surface area (Å²) >= 11 is 12.0. The molecule has 1 aromatic carbocycles. The number of esters is 1. The maximum absolute atomic E-state index is 11.9. The van der Waals surface area contributed by atoms with Gasteiger partial charge >= 0.3 is 5.97 Å². The molecule has 0 amide bonds. The lowest BCUT2D eigenvalue weighted by atomic mass is 10.1. The van der Waals surface area contributed by atoms with Crippen LogP contribution in [0.1, 0.15) is 23.0 Å². The van der Waals surface area contributed by atoms with Crippen LogP contribution < -0.4 is 0 Å². The molecular weight excluding hydrogens is 299 g/mol. The van der Waals surface area contributed by atoms with Gasteiger partial charge in [0.15, 0.2) is 10.8 Å². The van der Waals surface area contributed by atoms with Crippen LogP contribution in [0.5, 0.6) is 0 Å². The minimum atomic E-state index is -0.509. The van der Waals surface area contributed by atoms with E-state index in [0.29, 0.717) is 6.54 Å². The van der Waals surface area contributed by atoms with Crippen molar-refractivity contribution < 1.29 is 9.53 Å². The molecule has 0 aliphatic carbocycles. The first-order valence-electron chi connectivity index (χ1n) is 6.26. The van der Waals surface area contributed by atoms with Gasteiger partial charge in [0.05, 0.1) is 6.61 Å². The molecule has 0 spiro atoms. The van der Waals surface area contributed by atoms with E-state index < -0.39 is 5.97 Å². The van der Waals surface area contributed by atoms with Crippen LogP contribution in [0.2, 0.25) is 10.4 Å². The second kappa shape index (κ2) is 6.77. The molecule has 0 bridgehead atoms. The lowest BCUT2D eigenvalue weighted by molar-refractivity contribution is 0.0514. The van der Waals surface area contributed by atoms with Gasteiger partial charge in [0.1, 0.15) is 0 Å². The lowest BCUT2D eigenvalue weighted by Crippen LogP contribution is -2.14. The lowest BCUT2D eigenvalue weighted by Gasteiger charge is -2.09. The second-order valence-corrected chi connectivity index (χ2v) is 4.82. The average Bonchev–Trinajstić information content (AvgIpc) is 2.72. The molecule has 6 heteroatoms. The van der Waals surface area contributed by atoms with Crippen molar-refractivity contribution in [2.24, 2.45) is 0 Å². The number of halogens is 2. The van der Waals surface area contributed by atoms with Crippen LogP contribution in [-0.2, 0) is 17.7 Å². The molecule has 1 heterocycles. The van der Waals surface area contributed by atoms with Crippen molar-refractivity contribution in [3.05, 3.63) is 52.0 Å². The van der Waals surface area contributed by atoms with E-state index in [4.69, 9.17) is 27.9 Å². The molecule has 20 heavy (non-hydrogen) atoms. The van der Waals surface area contributed by atoms with Gasteiger partial charge in [-0.2, -0.15) is 0 Å². The fourth-order valence-electron chi connectivity index (χ4n) is 1.88. The van der Waals surface area contributed by atoms with Gasteiger partial charge in [0.2, 0.25) is 5.28 Å². The number of hydrogen-bond donors (Lipinski definition) is 0. The SMILES string of the molecule is CCOC(=O)c1c(Cl)nc(Cl)n1CCc1ccccc1. The Kier molecular flexibility index (Phi) is 5.04. The Hall–Kier alpha value is -1.52. The summed E-state index contributed by atoms with van der Waals surface area (Å²) in [5.74, 6) is -0.509. The number of carbonyl (C=O) groups excluding carboxylic acids is 1. The molecule has 0 aliphatic rings. The van der Waals surface area contributed by atoms with Crippen molar-refractivity contribution in [3.63, 3.8) is 0 Å². The van der Waals surface area contributed by atoms with Crippen LogP contribution in [0.15, 0.2) is 30.3 Å². The summed E-state index contributed by atoms with van der Waals surface area (Å²) in [4.78, 5) is 15.8. The molecule has 0 fully saturated rings. The van der Waals surface area contributed by atoms with Crippen LogP contribution in [0.25, 0.3) is 0 Å². The van der Waals surface area contributed by atoms with Gasteiger partial charge in [-0.3, -0.25) is 0 Å². The van der Waals surface area contributed by atoms with Crippen molar-refractivity contribution in [2.75, 3.05) is 6.61 Å². The van der Waals surface area contributed by atoms with E-state index in [-0.39, 0.29) is 22.7 Å². The smallest absolute Gasteiger partial charge is 0.358 e. The predicted molar refractivity (Wildman–Crippen MR) is 78.3 cm³/mol. The van der Waals surface area contributed by atoms with E-state index in [2.05, 4.69) is 4.98 Å². The summed E-state index contributed by atoms with van der Waals surface area (Å²) in [7, 11) is 0. The van der Waals surface area contributed by atoms with Crippen LogP contribution in [0, 0.1) is 0 Å². The molecule has 0 saturated heterocycles. The third-order valence-electron chi connectivity index (χ3n) is 2.81. The minimum absolute atomic E-state index is 0.0708. The largest absolute Gasteiger partial charge is 0.461 e. The number of nitrogens with zero attached hydrogens (tertiary/aromatic N) is 2. The molecule has 0 saturated carbocycles. The number of rotatable bonds is 5. The Morgan fingerprint density at radius 1 is 1.30 bits per heavy atom. The number of aryl methyl sites for hydroxylation is 1. The quantitative estimate of drug-likeness (QED) is 0.792. The fraction of sp³-hybridized carbons (Fsp3) is 0.286. The summed E-state index contributed by atoms with van der Waals surface area (Å²) in [6.45, 7) is 2.52. The highest BCUT2D eigenvalue weighted by Gasteiger charge is 2.22. The second-order valence-electron chi connectivity index (χ2n) is 4.13. The van der Waals surface area contributed by atoms with Gasteiger partial charge < -0.3 is 9.30 Å². The fourth-order valence-corrected chi connectivity index (χ4v) is 2.44. The molecule has 1 aromatic heterocycles. The molecule has 0 aliphatic heterocycles. The summed E-state index contributed by atoms with van der Waals surface area (Å²) in [5, 5.41) is 0.260. The molecule has 0 radical (unpaired) electrons. The maximum atomic E-state index is 11.9. The van der Waals surface area contributed by atoms with E-state index in [1.54, 1.807) is 11.5 Å². The summed E-state index contributed by atoms with van der Waals surface area (Å²) in [6.07, 6.45) is 0.722. The highest BCUT2D eigenvalue weighted by Crippen LogP contribution is 2.22. The minimum Gasteiger partial charge on any atom is -0.461 e. The first-order chi connectivity index (χ1) is 9.63. The molecule has 0 N–H and O–H groups in total. The molecule has 2 aromatic rings. The maximum Gasteiger partial charge on any atom is 0.358 e. The average molecular weight is 313 g/mol. The number of hydrogen-bond acceptors (Lipinski definition) is 3. The van der Waals surface area contributed by atoms with Crippen molar-refractivity contribution in [2.45, 2.75) is 19.9 Å². The molecule has 4 nitrogen and oxygen atoms in total. The van der Waals surface area contributed by atoms with Crippen LogP contribution >= 0.6 is 23.2 Å². The van der Waals surface area contributed by atoms with E-state index in [0.717, 1.165) is 12.0 Å². The molecular formula is C14H14Cl2N2O2. The Labute approximate surface area is 127 Å². The van der Waals surface area contributed by atoms with Gasteiger partial charge in [-0.1, -0.05) is 41.9 Å². The van der Waals surface area contributed by atoms with Gasteiger partial charge in [0.25, 0.3) is 0 Å². The zero-order chi connectivity index (χ0) is 14.5. The highest BCUT2D eigenvalue weighted by atomic mass is 35.5. The first kappa shape index (κ1) is 14.9. The Balaban J connectivity index is 2.20. The predicted octanol–water partition coefficient (Wildman–Crippen LogP) is 3.61. The zero-order valence-corrected chi connectivity index (χ0v) is 12.5. The Morgan fingerprint density at radius 3 is 2.65 bits per heavy atom. The van der Waals surface area contributed by atoms with Crippen LogP contribution in [0.3, 0.4) is 0 Å². The normalized spacial score (nSPS) is 10.6. The van der Waals surface area contributed by atoms with Gasteiger partial charge in [0, 0.05) is 6.54 Å². The molecule has 106 valence electrons. The number of carbonyl (C=O) groups is 1. The molecule has 2 rings (SSSR count). The Morgan fingerprint density at radius 2 is 2.00 bits per heavy atom. The van der Waals surface area contributed by atoms with E-state index >= 15 is 0 Å². The van der Waals surface area contributed by atoms with Gasteiger partial charge in [-0.05, 0) is 30.5 Å². The van der Waals surface area contributed by atoms with E-state index in [1.165, 1.54) is 0 Å². The molecule has 0 atom stereocenters. The van der Waals surface area contributed by atoms with Crippen molar-refractivity contribution in [1.82, 2.24) is 9.55 Å². The van der Waals surface area contributed by atoms with Crippen molar-refractivity contribution >= 4 is 29.2 Å². The third kappa shape index (κ3) is 3.32. The van der Waals surface area contributed by atoms with Crippen molar-refractivity contribution in [3.8, 4) is 0 Å². The van der Waals surface area contributed by atoms with E-state index in [9.17, 15) is 4.79 Å². The monoisotopic (exact) mass is 312 g/mol. The highest BCUT2D eigenvalue weighted by molar-refractivity contribution is 6.34. The number of imidazole rings is 1. The van der Waals surface area contributed by atoms with Crippen LogP contribution in [-0.4, -0.2) is 22.1 Å². The van der Waals surface area contributed by atoms with Crippen LogP contribution in [0.4, 0.5) is 0 Å². The third-order valence-corrected chi connectivity index (χ3v) is 3.37. The number of aromatic nitrogens is 2. The van der Waals surface area contributed by atoms with Gasteiger partial charge in [-0.25, -0.2) is 9.78 Å². The van der Waals surface area contributed by atoms with Gasteiger partial charge in [-0.15, -0.1) is 0 Å². The summed E-state index contributed by atoms with van der Waals surface area (Å²) < 4.78 is 6.55. The number of benzene rings is 1. The first-order valence-corrected chi connectivity index (χ1v) is 7.01. The zero-order valence-electron chi connectivity index (χ0n) is 11.0. The molecule has 0 unspecified atom stereocenters. The van der Waals surface area contributed by atoms with E-state index in [1.807, 2.05) is 30.3 Å². The number of ether oxygens (including phenoxy) is 1. The summed E-state index contributed by atoms with van der Waals surface area (Å²) in [6, 6.07) is 9.90. The van der Waals surface area contributed by atoms with Crippen molar-refractivity contribution in [1.29, 1.82) is 0 Å². The topological polar surface area (TPSA) is 44.1 Å². The Bertz CT molecular complexity index is 597. The summed E-state index contributed by atoms with van der Waals surface area (Å²) in [5.41, 5.74) is 1.35.